The number of carbonyl (C=O) groups excluding carboxylic acids is 1. The molecular formula is C17H19O2S+. The first kappa shape index (κ1) is 14.7. The van der Waals surface area contributed by atoms with Gasteiger partial charge in [0.25, 0.3) is 0 Å². The average molecular weight is 287 g/mol. The van der Waals surface area contributed by atoms with Crippen LogP contribution in [0.4, 0.5) is 0 Å². The van der Waals surface area contributed by atoms with E-state index in [0.29, 0.717) is 5.75 Å². The van der Waals surface area contributed by atoms with E-state index in [4.69, 9.17) is 4.74 Å². The summed E-state index contributed by atoms with van der Waals surface area (Å²) in [6.07, 6.45) is 2.24. The molecule has 20 heavy (non-hydrogen) atoms. The third-order valence-corrected chi connectivity index (χ3v) is 4.94. The van der Waals surface area contributed by atoms with Crippen molar-refractivity contribution in [1.82, 2.24) is 0 Å². The van der Waals surface area contributed by atoms with Crippen molar-refractivity contribution in [2.24, 2.45) is 0 Å². The van der Waals surface area contributed by atoms with Crippen LogP contribution >= 0.6 is 0 Å². The number of carbonyl (C=O) groups is 1. The standard InChI is InChI=1S/C17H19O2S/c1-13-6-4-5-7-15(13)12-20(3)17-10-8-16(9-11-17)19-14(2)18/h4-11H,12H2,1-3H3/q+1. The van der Waals surface area contributed by atoms with E-state index in [2.05, 4.69) is 37.4 Å². The molecule has 0 heterocycles. The second-order valence-corrected chi connectivity index (χ2v) is 6.81. The van der Waals surface area contributed by atoms with Gasteiger partial charge in [-0.05, 0) is 36.8 Å². The fraction of sp³-hybridized carbons (Fsp3) is 0.235. The highest BCUT2D eigenvalue weighted by molar-refractivity contribution is 7.95. The van der Waals surface area contributed by atoms with E-state index in [9.17, 15) is 4.79 Å². The van der Waals surface area contributed by atoms with Crippen LogP contribution in [-0.4, -0.2) is 12.2 Å². The van der Waals surface area contributed by atoms with Crippen LogP contribution in [0.3, 0.4) is 0 Å². The minimum Gasteiger partial charge on any atom is -0.427 e. The summed E-state index contributed by atoms with van der Waals surface area (Å²) in [5.74, 6) is 1.36. The van der Waals surface area contributed by atoms with Crippen LogP contribution < -0.4 is 4.74 Å². The van der Waals surface area contributed by atoms with E-state index in [-0.39, 0.29) is 16.9 Å². The molecule has 0 spiro atoms. The Balaban J connectivity index is 2.08. The Bertz CT molecular complexity index is 590. The lowest BCUT2D eigenvalue weighted by Crippen LogP contribution is -2.06. The summed E-state index contributed by atoms with van der Waals surface area (Å²) in [5, 5.41) is 0. The third kappa shape index (κ3) is 3.87. The molecule has 0 aliphatic heterocycles. The third-order valence-electron chi connectivity index (χ3n) is 3.12. The molecule has 2 aromatic carbocycles. The molecule has 0 saturated heterocycles. The monoisotopic (exact) mass is 287 g/mol. The van der Waals surface area contributed by atoms with Gasteiger partial charge in [0.05, 0.1) is 0 Å². The van der Waals surface area contributed by atoms with Crippen molar-refractivity contribution in [1.29, 1.82) is 0 Å². The topological polar surface area (TPSA) is 26.3 Å². The average Bonchev–Trinajstić information content (AvgIpc) is 2.41. The maximum absolute atomic E-state index is 10.9. The van der Waals surface area contributed by atoms with Crippen molar-refractivity contribution in [3.05, 3.63) is 59.7 Å². The SMILES string of the molecule is CC(=O)Oc1ccc([S+](C)Cc2ccccc2C)cc1. The number of rotatable bonds is 4. The lowest BCUT2D eigenvalue weighted by atomic mass is 10.1. The molecule has 0 fully saturated rings. The summed E-state index contributed by atoms with van der Waals surface area (Å²) in [4.78, 5) is 12.2. The summed E-state index contributed by atoms with van der Waals surface area (Å²) in [7, 11) is 0.144. The summed E-state index contributed by atoms with van der Waals surface area (Å²) in [6.45, 7) is 3.56. The van der Waals surface area contributed by atoms with Gasteiger partial charge in [-0.2, -0.15) is 0 Å². The van der Waals surface area contributed by atoms with Crippen molar-refractivity contribution in [2.45, 2.75) is 24.5 Å². The number of aryl methyl sites for hydroxylation is 1. The van der Waals surface area contributed by atoms with Crippen molar-refractivity contribution in [3.8, 4) is 5.75 Å². The molecule has 2 nitrogen and oxygen atoms in total. The van der Waals surface area contributed by atoms with Gasteiger partial charge in [-0.15, -0.1) is 0 Å². The van der Waals surface area contributed by atoms with Crippen LogP contribution in [0.1, 0.15) is 18.1 Å². The molecule has 2 rings (SSSR count). The fourth-order valence-corrected chi connectivity index (χ4v) is 3.55. The highest BCUT2D eigenvalue weighted by Crippen LogP contribution is 2.21. The van der Waals surface area contributed by atoms with E-state index in [1.54, 1.807) is 0 Å². The van der Waals surface area contributed by atoms with Crippen LogP contribution in [0.25, 0.3) is 0 Å². The van der Waals surface area contributed by atoms with Gasteiger partial charge in [0.1, 0.15) is 17.8 Å². The van der Waals surface area contributed by atoms with E-state index in [1.807, 2.05) is 24.3 Å². The minimum absolute atomic E-state index is 0.144. The van der Waals surface area contributed by atoms with Crippen molar-refractivity contribution in [3.63, 3.8) is 0 Å². The van der Waals surface area contributed by atoms with Crippen LogP contribution in [0.15, 0.2) is 53.4 Å². The molecule has 1 unspecified atom stereocenters. The van der Waals surface area contributed by atoms with E-state index < -0.39 is 0 Å². The van der Waals surface area contributed by atoms with E-state index >= 15 is 0 Å². The van der Waals surface area contributed by atoms with Gasteiger partial charge in [-0.3, -0.25) is 4.79 Å². The molecule has 0 aliphatic rings. The number of benzene rings is 2. The zero-order valence-electron chi connectivity index (χ0n) is 12.1. The quantitative estimate of drug-likeness (QED) is 0.486. The molecule has 0 N–H and O–H groups in total. The molecule has 0 saturated carbocycles. The Morgan fingerprint density at radius 3 is 2.35 bits per heavy atom. The summed E-state index contributed by atoms with van der Waals surface area (Å²) >= 11 is 0. The van der Waals surface area contributed by atoms with Crippen molar-refractivity contribution in [2.75, 3.05) is 6.26 Å². The van der Waals surface area contributed by atoms with E-state index in [1.165, 1.54) is 22.9 Å². The van der Waals surface area contributed by atoms with Crippen LogP contribution in [0, 0.1) is 6.92 Å². The summed E-state index contributed by atoms with van der Waals surface area (Å²) < 4.78 is 5.05. The molecular weight excluding hydrogens is 268 g/mol. The Morgan fingerprint density at radius 1 is 1.10 bits per heavy atom. The van der Waals surface area contributed by atoms with Gasteiger partial charge in [-0.1, -0.05) is 24.3 Å². The Kier molecular flexibility index (Phi) is 4.85. The molecule has 0 amide bonds. The van der Waals surface area contributed by atoms with Crippen LogP contribution in [0.5, 0.6) is 5.75 Å². The first-order valence-electron chi connectivity index (χ1n) is 6.52. The van der Waals surface area contributed by atoms with Crippen LogP contribution in [0.2, 0.25) is 0 Å². The maximum Gasteiger partial charge on any atom is 0.308 e. The lowest BCUT2D eigenvalue weighted by Gasteiger charge is -2.07. The first-order valence-corrected chi connectivity index (χ1v) is 8.32. The number of esters is 1. The molecule has 2 aromatic rings. The molecule has 0 bridgehead atoms. The Hall–Kier alpha value is -1.74. The largest absolute Gasteiger partial charge is 0.427 e. The summed E-state index contributed by atoms with van der Waals surface area (Å²) in [5.41, 5.74) is 2.73. The highest BCUT2D eigenvalue weighted by atomic mass is 32.2. The maximum atomic E-state index is 10.9. The Morgan fingerprint density at radius 2 is 1.75 bits per heavy atom. The minimum atomic E-state index is -0.284. The van der Waals surface area contributed by atoms with Crippen molar-refractivity contribution >= 4 is 16.9 Å². The molecule has 1 atom stereocenters. The number of ether oxygens (including phenoxy) is 1. The predicted octanol–water partition coefficient (Wildman–Crippen LogP) is 3.73. The number of hydrogen-bond donors (Lipinski definition) is 0. The molecule has 3 heteroatoms. The van der Waals surface area contributed by atoms with Crippen molar-refractivity contribution < 1.29 is 9.53 Å². The second kappa shape index (κ2) is 6.62. The van der Waals surface area contributed by atoms with Gasteiger partial charge < -0.3 is 4.74 Å². The molecule has 104 valence electrons. The lowest BCUT2D eigenvalue weighted by molar-refractivity contribution is -0.131. The Labute approximate surface area is 123 Å². The van der Waals surface area contributed by atoms with Crippen LogP contribution in [-0.2, 0) is 21.4 Å². The number of hydrogen-bond acceptors (Lipinski definition) is 2. The predicted molar refractivity (Wildman–Crippen MR) is 84.2 cm³/mol. The highest BCUT2D eigenvalue weighted by Gasteiger charge is 2.17. The molecule has 0 radical (unpaired) electrons. The zero-order chi connectivity index (χ0) is 14.5. The zero-order valence-corrected chi connectivity index (χ0v) is 12.9. The van der Waals surface area contributed by atoms with Gasteiger partial charge in [0.2, 0.25) is 0 Å². The smallest absolute Gasteiger partial charge is 0.308 e. The molecule has 0 aliphatic carbocycles. The van der Waals surface area contributed by atoms with E-state index in [0.717, 1.165) is 5.75 Å². The second-order valence-electron chi connectivity index (χ2n) is 4.77. The van der Waals surface area contributed by atoms with Gasteiger partial charge in [0.15, 0.2) is 4.90 Å². The van der Waals surface area contributed by atoms with Gasteiger partial charge >= 0.3 is 5.97 Å². The summed E-state index contributed by atoms with van der Waals surface area (Å²) in [6, 6.07) is 16.3. The normalized spacial score (nSPS) is 11.9. The molecule has 0 aromatic heterocycles. The fourth-order valence-electron chi connectivity index (χ4n) is 1.99. The van der Waals surface area contributed by atoms with Gasteiger partial charge in [-0.25, -0.2) is 0 Å². The first-order chi connectivity index (χ1) is 9.56. The van der Waals surface area contributed by atoms with Gasteiger partial charge in [0, 0.05) is 23.4 Å².